The van der Waals surface area contributed by atoms with E-state index in [1.165, 1.54) is 12.1 Å². The van der Waals surface area contributed by atoms with Gasteiger partial charge in [0.25, 0.3) is 0 Å². The molecule has 1 aromatic carbocycles. The van der Waals surface area contributed by atoms with Crippen LogP contribution in [0.3, 0.4) is 0 Å². The topological polar surface area (TPSA) is 38.3 Å². The van der Waals surface area contributed by atoms with Gasteiger partial charge in [0.05, 0.1) is 0 Å². The lowest BCUT2D eigenvalue weighted by atomic mass is 10.1. The Labute approximate surface area is 161 Å². The van der Waals surface area contributed by atoms with E-state index in [2.05, 4.69) is 23.7 Å². The van der Waals surface area contributed by atoms with Crippen LogP contribution in [0.25, 0.3) is 0 Å². The first kappa shape index (κ1) is 20.7. The number of nitrogens with one attached hydrogen (secondary N) is 1. The van der Waals surface area contributed by atoms with E-state index < -0.39 is 0 Å². The highest BCUT2D eigenvalue weighted by Gasteiger charge is 2.17. The molecule has 4 heteroatoms. The number of hydrogen-bond acceptors (Lipinski definition) is 2. The smallest absolute Gasteiger partial charge is 0.247 e. The molecule has 0 aliphatic carbocycles. The highest BCUT2D eigenvalue weighted by atomic mass is 19.1. The highest BCUT2D eigenvalue weighted by Crippen LogP contribution is 2.11. The molecule has 0 atom stereocenters. The minimum absolute atomic E-state index is 0.0403. The van der Waals surface area contributed by atoms with Crippen LogP contribution in [0.15, 0.2) is 60.2 Å². The van der Waals surface area contributed by atoms with Crippen LogP contribution in [-0.2, 0) is 9.53 Å². The molecule has 0 bridgehead atoms. The molecule has 0 radical (unpaired) electrons. The molecule has 0 spiro atoms. The number of carbonyl (C=O) groups is 1. The molecular weight excluding hydrogens is 341 g/mol. The standard InChI is InChI=1S/C23H26FNO2/c1-3-6-20(23(26)25-22-13-15-27-16-14-22)12-11-18(4-2)9-10-19-7-5-8-21(24)17-19/h4-5,7-8,11-12,17,22H,2-3,6,13-16H2,1H3,(H,25,26). The van der Waals surface area contributed by atoms with E-state index in [0.717, 1.165) is 24.8 Å². The lowest BCUT2D eigenvalue weighted by Gasteiger charge is -2.23. The van der Waals surface area contributed by atoms with Gasteiger partial charge in [-0.25, -0.2) is 4.39 Å². The van der Waals surface area contributed by atoms with E-state index in [9.17, 15) is 9.18 Å². The molecule has 1 aliphatic rings. The fraction of sp³-hybridized carbons (Fsp3) is 0.348. The van der Waals surface area contributed by atoms with Gasteiger partial charge in [0.15, 0.2) is 0 Å². The quantitative estimate of drug-likeness (QED) is 0.462. The Morgan fingerprint density at radius 2 is 2.15 bits per heavy atom. The third kappa shape index (κ3) is 7.24. The summed E-state index contributed by atoms with van der Waals surface area (Å²) < 4.78 is 18.6. The normalized spacial score (nSPS) is 15.6. The van der Waals surface area contributed by atoms with Crippen molar-refractivity contribution in [2.24, 2.45) is 0 Å². The first-order valence-electron chi connectivity index (χ1n) is 9.32. The van der Waals surface area contributed by atoms with E-state index in [-0.39, 0.29) is 17.8 Å². The lowest BCUT2D eigenvalue weighted by Crippen LogP contribution is -2.39. The maximum absolute atomic E-state index is 13.2. The Balaban J connectivity index is 2.11. The summed E-state index contributed by atoms with van der Waals surface area (Å²) >= 11 is 0. The molecule has 0 unspecified atom stereocenters. The zero-order valence-electron chi connectivity index (χ0n) is 15.8. The monoisotopic (exact) mass is 367 g/mol. The van der Waals surface area contributed by atoms with Gasteiger partial charge in [0, 0.05) is 36.0 Å². The van der Waals surface area contributed by atoms with Crippen molar-refractivity contribution in [2.75, 3.05) is 13.2 Å². The van der Waals surface area contributed by atoms with Gasteiger partial charge < -0.3 is 10.1 Å². The first-order chi connectivity index (χ1) is 13.1. The average molecular weight is 367 g/mol. The number of halogens is 1. The van der Waals surface area contributed by atoms with Crippen LogP contribution in [-0.4, -0.2) is 25.2 Å². The molecule has 0 saturated carbocycles. The van der Waals surface area contributed by atoms with Crippen molar-refractivity contribution in [1.29, 1.82) is 0 Å². The summed E-state index contributed by atoms with van der Waals surface area (Å²) in [5.41, 5.74) is 1.99. The number of allylic oxidation sites excluding steroid dienone is 4. The third-order valence-electron chi connectivity index (χ3n) is 4.23. The molecule has 0 aromatic heterocycles. The van der Waals surface area contributed by atoms with Gasteiger partial charge in [-0.2, -0.15) is 0 Å². The molecule has 1 amide bonds. The number of rotatable bonds is 6. The molecule has 1 heterocycles. The second kappa shape index (κ2) is 11.2. The van der Waals surface area contributed by atoms with Crippen LogP contribution < -0.4 is 5.32 Å². The Morgan fingerprint density at radius 1 is 1.37 bits per heavy atom. The van der Waals surface area contributed by atoms with Gasteiger partial charge >= 0.3 is 0 Å². The predicted molar refractivity (Wildman–Crippen MR) is 107 cm³/mol. The largest absolute Gasteiger partial charge is 0.381 e. The maximum atomic E-state index is 13.2. The molecule has 2 rings (SSSR count). The van der Waals surface area contributed by atoms with Crippen LogP contribution in [0.4, 0.5) is 4.39 Å². The Hall–Kier alpha value is -2.64. The van der Waals surface area contributed by atoms with E-state index in [1.54, 1.807) is 30.4 Å². The summed E-state index contributed by atoms with van der Waals surface area (Å²) in [5.74, 6) is 5.52. The minimum atomic E-state index is -0.319. The summed E-state index contributed by atoms with van der Waals surface area (Å²) in [5, 5.41) is 3.09. The average Bonchev–Trinajstić information content (AvgIpc) is 2.68. The summed E-state index contributed by atoms with van der Waals surface area (Å²) in [6.45, 7) is 7.18. The van der Waals surface area contributed by atoms with Crippen LogP contribution in [0.1, 0.15) is 38.2 Å². The summed E-state index contributed by atoms with van der Waals surface area (Å²) in [7, 11) is 0. The number of carbonyl (C=O) groups excluding carboxylic acids is 1. The van der Waals surface area contributed by atoms with Crippen molar-refractivity contribution in [3.8, 4) is 11.8 Å². The summed E-state index contributed by atoms with van der Waals surface area (Å²) in [4.78, 5) is 12.6. The minimum Gasteiger partial charge on any atom is -0.381 e. The zero-order chi connectivity index (χ0) is 19.5. The number of ether oxygens (including phenoxy) is 1. The van der Waals surface area contributed by atoms with Crippen molar-refractivity contribution in [1.82, 2.24) is 5.32 Å². The van der Waals surface area contributed by atoms with Crippen LogP contribution in [0.2, 0.25) is 0 Å². The first-order valence-corrected chi connectivity index (χ1v) is 9.32. The fourth-order valence-corrected chi connectivity index (χ4v) is 2.72. The van der Waals surface area contributed by atoms with Crippen LogP contribution in [0, 0.1) is 17.7 Å². The second-order valence-corrected chi connectivity index (χ2v) is 6.39. The molecule has 1 fully saturated rings. The van der Waals surface area contributed by atoms with Gasteiger partial charge in [-0.3, -0.25) is 4.79 Å². The number of hydrogen-bond donors (Lipinski definition) is 1. The van der Waals surface area contributed by atoms with E-state index in [1.807, 2.05) is 6.92 Å². The molecule has 1 saturated heterocycles. The SMILES string of the molecule is C=CC(C#Cc1cccc(F)c1)=CC=C(CCC)C(=O)NC1CCOCC1. The van der Waals surface area contributed by atoms with Crippen molar-refractivity contribution in [3.05, 3.63) is 71.6 Å². The number of amides is 1. The fourth-order valence-electron chi connectivity index (χ4n) is 2.72. The molecule has 3 nitrogen and oxygen atoms in total. The van der Waals surface area contributed by atoms with E-state index in [0.29, 0.717) is 30.8 Å². The zero-order valence-corrected chi connectivity index (χ0v) is 15.8. The second-order valence-electron chi connectivity index (χ2n) is 6.39. The van der Waals surface area contributed by atoms with Crippen molar-refractivity contribution in [3.63, 3.8) is 0 Å². The van der Waals surface area contributed by atoms with Crippen LogP contribution >= 0.6 is 0 Å². The Morgan fingerprint density at radius 3 is 2.81 bits per heavy atom. The molecule has 1 aromatic rings. The van der Waals surface area contributed by atoms with Gasteiger partial charge in [0.2, 0.25) is 5.91 Å². The van der Waals surface area contributed by atoms with E-state index >= 15 is 0 Å². The van der Waals surface area contributed by atoms with Gasteiger partial charge in [-0.05, 0) is 43.5 Å². The van der Waals surface area contributed by atoms with Gasteiger partial charge in [-0.15, -0.1) is 0 Å². The molecular formula is C23H26FNO2. The van der Waals surface area contributed by atoms with E-state index in [4.69, 9.17) is 4.74 Å². The van der Waals surface area contributed by atoms with Crippen molar-refractivity contribution < 1.29 is 13.9 Å². The van der Waals surface area contributed by atoms with Gasteiger partial charge in [0.1, 0.15) is 5.82 Å². The summed E-state index contributed by atoms with van der Waals surface area (Å²) in [6.07, 6.45) is 8.47. The Kier molecular flexibility index (Phi) is 8.54. The third-order valence-corrected chi connectivity index (χ3v) is 4.23. The summed E-state index contributed by atoms with van der Waals surface area (Å²) in [6, 6.07) is 6.30. The lowest BCUT2D eigenvalue weighted by molar-refractivity contribution is -0.118. The molecule has 142 valence electrons. The predicted octanol–water partition coefficient (Wildman–Crippen LogP) is 4.31. The van der Waals surface area contributed by atoms with Gasteiger partial charge in [-0.1, -0.05) is 50.0 Å². The Bertz CT molecular complexity index is 777. The maximum Gasteiger partial charge on any atom is 0.247 e. The highest BCUT2D eigenvalue weighted by molar-refractivity contribution is 5.93. The van der Waals surface area contributed by atoms with Crippen molar-refractivity contribution in [2.45, 2.75) is 38.6 Å². The molecule has 27 heavy (non-hydrogen) atoms. The number of benzene rings is 1. The van der Waals surface area contributed by atoms with Crippen LogP contribution in [0.5, 0.6) is 0 Å². The molecule has 1 aliphatic heterocycles. The molecule has 1 N–H and O–H groups in total. The van der Waals surface area contributed by atoms with Crippen molar-refractivity contribution >= 4 is 5.91 Å².